The maximum absolute atomic E-state index is 12.5. The Morgan fingerprint density at radius 2 is 1.96 bits per heavy atom. The van der Waals surface area contributed by atoms with Gasteiger partial charge in [-0.25, -0.2) is 0 Å². The van der Waals surface area contributed by atoms with Crippen molar-refractivity contribution in [2.75, 3.05) is 46.4 Å². The third-order valence-corrected chi connectivity index (χ3v) is 5.78. The summed E-state index contributed by atoms with van der Waals surface area (Å²) in [5.41, 5.74) is 2.93. The molecular weight excluding hydrogens is 455 g/mol. The molecule has 27 heavy (non-hydrogen) atoms. The van der Waals surface area contributed by atoms with E-state index < -0.39 is 0 Å². The van der Waals surface area contributed by atoms with Crippen LogP contribution in [-0.4, -0.2) is 74.1 Å². The molecule has 1 aromatic rings. The number of carbonyl (C=O) groups is 1. The van der Waals surface area contributed by atoms with Crippen molar-refractivity contribution in [3.05, 3.63) is 35.4 Å². The SMILES string of the molecule is CN=C(NCC1Cc2ccccc21)N1CCN(C(=O)C2CCCO2)CC1.I. The molecule has 2 atom stereocenters. The number of nitrogens with one attached hydrogen (secondary N) is 1. The maximum Gasteiger partial charge on any atom is 0.251 e. The van der Waals surface area contributed by atoms with Crippen molar-refractivity contribution in [1.29, 1.82) is 0 Å². The Hall–Kier alpha value is -1.35. The Kier molecular flexibility index (Phi) is 6.97. The largest absolute Gasteiger partial charge is 0.368 e. The van der Waals surface area contributed by atoms with Crippen LogP contribution in [0.4, 0.5) is 0 Å². The Morgan fingerprint density at radius 1 is 1.22 bits per heavy atom. The highest BCUT2D eigenvalue weighted by molar-refractivity contribution is 14.0. The summed E-state index contributed by atoms with van der Waals surface area (Å²) in [6, 6.07) is 8.66. The normalized spacial score (nSPS) is 24.7. The standard InChI is InChI=1S/C20H28N4O2.HI/c1-21-20(22-14-16-13-15-5-2-3-6-17(15)16)24-10-8-23(9-11-24)19(25)18-7-4-12-26-18;/h2-3,5-6,16,18H,4,7-14H2,1H3,(H,21,22);1H. The number of ether oxygens (including phenoxy) is 1. The van der Waals surface area contributed by atoms with Gasteiger partial charge < -0.3 is 19.9 Å². The van der Waals surface area contributed by atoms with E-state index >= 15 is 0 Å². The predicted octanol–water partition coefficient (Wildman–Crippen LogP) is 1.84. The van der Waals surface area contributed by atoms with Crippen LogP contribution in [0, 0.1) is 0 Å². The van der Waals surface area contributed by atoms with Gasteiger partial charge in [0.2, 0.25) is 0 Å². The van der Waals surface area contributed by atoms with Crippen molar-refractivity contribution in [3.63, 3.8) is 0 Å². The molecule has 1 aromatic carbocycles. The van der Waals surface area contributed by atoms with Crippen molar-refractivity contribution in [2.45, 2.75) is 31.3 Å². The monoisotopic (exact) mass is 484 g/mol. The minimum absolute atomic E-state index is 0. The van der Waals surface area contributed by atoms with E-state index in [9.17, 15) is 4.79 Å². The highest BCUT2D eigenvalue weighted by Gasteiger charge is 2.31. The van der Waals surface area contributed by atoms with Crippen molar-refractivity contribution in [3.8, 4) is 0 Å². The smallest absolute Gasteiger partial charge is 0.251 e. The van der Waals surface area contributed by atoms with Gasteiger partial charge in [-0.15, -0.1) is 24.0 Å². The van der Waals surface area contributed by atoms with Crippen LogP contribution in [0.25, 0.3) is 0 Å². The first-order chi connectivity index (χ1) is 12.8. The molecule has 1 aliphatic carbocycles. The van der Waals surface area contributed by atoms with Crippen LogP contribution in [0.1, 0.15) is 29.9 Å². The van der Waals surface area contributed by atoms with E-state index in [1.165, 1.54) is 11.1 Å². The first kappa shape index (κ1) is 20.4. The minimum atomic E-state index is -0.210. The second-order valence-electron chi connectivity index (χ2n) is 7.34. The van der Waals surface area contributed by atoms with Gasteiger partial charge in [0.25, 0.3) is 5.91 Å². The van der Waals surface area contributed by atoms with Gasteiger partial charge in [-0.3, -0.25) is 9.79 Å². The zero-order valence-corrected chi connectivity index (χ0v) is 18.2. The Labute approximate surface area is 178 Å². The number of benzene rings is 1. The summed E-state index contributed by atoms with van der Waals surface area (Å²) in [6.07, 6.45) is 2.80. The molecule has 1 amide bonds. The average molecular weight is 484 g/mol. The number of halogens is 1. The lowest BCUT2D eigenvalue weighted by Gasteiger charge is -2.38. The summed E-state index contributed by atoms with van der Waals surface area (Å²) in [6.45, 7) is 4.76. The zero-order chi connectivity index (χ0) is 17.9. The van der Waals surface area contributed by atoms with E-state index in [4.69, 9.17) is 4.74 Å². The number of aliphatic imine (C=N–C) groups is 1. The van der Waals surface area contributed by atoms with Crippen molar-refractivity contribution in [1.82, 2.24) is 15.1 Å². The molecule has 0 saturated carbocycles. The van der Waals surface area contributed by atoms with Gasteiger partial charge in [0.05, 0.1) is 0 Å². The number of hydrogen-bond donors (Lipinski definition) is 1. The number of carbonyl (C=O) groups excluding carboxylic acids is 1. The molecule has 6 nitrogen and oxygen atoms in total. The molecule has 1 N–H and O–H groups in total. The fourth-order valence-electron chi connectivity index (χ4n) is 4.21. The zero-order valence-electron chi connectivity index (χ0n) is 15.9. The van der Waals surface area contributed by atoms with E-state index in [1.807, 2.05) is 11.9 Å². The summed E-state index contributed by atoms with van der Waals surface area (Å²) in [4.78, 5) is 21.1. The van der Waals surface area contributed by atoms with Crippen LogP contribution in [0.15, 0.2) is 29.3 Å². The number of guanidine groups is 1. The molecule has 2 aliphatic heterocycles. The first-order valence-corrected chi connectivity index (χ1v) is 9.70. The second-order valence-corrected chi connectivity index (χ2v) is 7.34. The summed E-state index contributed by atoms with van der Waals surface area (Å²) < 4.78 is 5.53. The number of amides is 1. The molecular formula is C20H29IN4O2. The molecule has 0 bridgehead atoms. The molecule has 2 fully saturated rings. The Bertz CT molecular complexity index is 682. The van der Waals surface area contributed by atoms with Crippen LogP contribution in [-0.2, 0) is 16.0 Å². The summed E-state index contributed by atoms with van der Waals surface area (Å²) in [5, 5.41) is 3.53. The van der Waals surface area contributed by atoms with E-state index in [2.05, 4.69) is 39.5 Å². The molecule has 0 spiro atoms. The van der Waals surface area contributed by atoms with Crippen LogP contribution in [0.3, 0.4) is 0 Å². The highest BCUT2D eigenvalue weighted by Crippen LogP contribution is 2.34. The summed E-state index contributed by atoms with van der Waals surface area (Å²) in [5.74, 6) is 1.68. The van der Waals surface area contributed by atoms with Gasteiger partial charge >= 0.3 is 0 Å². The molecule has 2 heterocycles. The minimum Gasteiger partial charge on any atom is -0.368 e. The van der Waals surface area contributed by atoms with Crippen molar-refractivity contribution in [2.24, 2.45) is 4.99 Å². The highest BCUT2D eigenvalue weighted by atomic mass is 127. The van der Waals surface area contributed by atoms with Gasteiger partial charge in [-0.05, 0) is 30.4 Å². The van der Waals surface area contributed by atoms with Crippen LogP contribution in [0.2, 0.25) is 0 Å². The number of nitrogens with zero attached hydrogens (tertiary/aromatic N) is 3. The van der Waals surface area contributed by atoms with Gasteiger partial charge in [0.15, 0.2) is 5.96 Å². The lowest BCUT2D eigenvalue weighted by Crippen LogP contribution is -2.55. The third kappa shape index (κ3) is 4.39. The second kappa shape index (κ2) is 9.23. The van der Waals surface area contributed by atoms with E-state index in [0.29, 0.717) is 5.92 Å². The number of piperazine rings is 1. The van der Waals surface area contributed by atoms with Crippen molar-refractivity contribution >= 4 is 35.8 Å². The molecule has 4 rings (SSSR count). The topological polar surface area (TPSA) is 57.2 Å². The summed E-state index contributed by atoms with van der Waals surface area (Å²) in [7, 11) is 1.83. The van der Waals surface area contributed by atoms with Gasteiger partial charge in [-0.1, -0.05) is 24.3 Å². The number of rotatable bonds is 3. The molecule has 2 saturated heterocycles. The van der Waals surface area contributed by atoms with Crippen LogP contribution in [0.5, 0.6) is 0 Å². The molecule has 148 valence electrons. The molecule has 0 aromatic heterocycles. The molecule has 7 heteroatoms. The Balaban J connectivity index is 0.00000210. The van der Waals surface area contributed by atoms with E-state index in [-0.39, 0.29) is 36.0 Å². The van der Waals surface area contributed by atoms with E-state index in [1.54, 1.807) is 0 Å². The fraction of sp³-hybridized carbons (Fsp3) is 0.600. The Morgan fingerprint density at radius 3 is 2.63 bits per heavy atom. The predicted molar refractivity (Wildman–Crippen MR) is 117 cm³/mol. The lowest BCUT2D eigenvalue weighted by atomic mass is 9.78. The molecule has 2 unspecified atom stereocenters. The molecule has 3 aliphatic rings. The number of hydrogen-bond acceptors (Lipinski definition) is 3. The quantitative estimate of drug-likeness (QED) is 0.404. The lowest BCUT2D eigenvalue weighted by molar-refractivity contribution is -0.142. The summed E-state index contributed by atoms with van der Waals surface area (Å²) >= 11 is 0. The fourth-order valence-corrected chi connectivity index (χ4v) is 4.21. The third-order valence-electron chi connectivity index (χ3n) is 5.78. The first-order valence-electron chi connectivity index (χ1n) is 9.70. The van der Waals surface area contributed by atoms with Gasteiger partial charge in [0, 0.05) is 52.3 Å². The van der Waals surface area contributed by atoms with Crippen LogP contribution < -0.4 is 5.32 Å². The van der Waals surface area contributed by atoms with E-state index in [0.717, 1.165) is 64.6 Å². The number of fused-ring (bicyclic) bond motifs is 1. The maximum atomic E-state index is 12.5. The van der Waals surface area contributed by atoms with Crippen LogP contribution >= 0.6 is 24.0 Å². The van der Waals surface area contributed by atoms with Gasteiger partial charge in [0.1, 0.15) is 6.10 Å². The van der Waals surface area contributed by atoms with Crippen molar-refractivity contribution < 1.29 is 9.53 Å². The molecule has 0 radical (unpaired) electrons. The average Bonchev–Trinajstić information content (AvgIpc) is 3.20. The van der Waals surface area contributed by atoms with Gasteiger partial charge in [-0.2, -0.15) is 0 Å².